The van der Waals surface area contributed by atoms with Gasteiger partial charge in [-0.2, -0.15) is 0 Å². The maximum Gasteiger partial charge on any atom is 0.339 e. The minimum atomic E-state index is -1.17. The lowest BCUT2D eigenvalue weighted by molar-refractivity contribution is 0.0694. The summed E-state index contributed by atoms with van der Waals surface area (Å²) in [6.07, 6.45) is 0. The van der Waals surface area contributed by atoms with E-state index in [4.69, 9.17) is 15.6 Å². The largest absolute Gasteiger partial charge is 0.478 e. The number of ether oxygens (including phenoxy) is 1. The maximum atomic E-state index is 13.2. The molecule has 6 heteroatoms. The average molecular weight is 326 g/mol. The van der Waals surface area contributed by atoms with Gasteiger partial charge in [0.2, 0.25) is 0 Å². The van der Waals surface area contributed by atoms with Gasteiger partial charge in [0.25, 0.3) is 0 Å². The third kappa shape index (κ3) is 2.85. The molecule has 0 unspecified atom stereocenters. The molecule has 4 nitrogen and oxygen atoms in total. The molecule has 3 N–H and O–H groups in total. The van der Waals surface area contributed by atoms with Crippen LogP contribution in [0.25, 0.3) is 0 Å². The molecule has 0 amide bonds. The van der Waals surface area contributed by atoms with E-state index in [0.717, 1.165) is 6.07 Å². The van der Waals surface area contributed by atoms with Gasteiger partial charge in [-0.05, 0) is 40.2 Å². The topological polar surface area (TPSA) is 72.6 Å². The fraction of sp³-hybridized carbons (Fsp3) is 0. The second-order valence-electron chi connectivity index (χ2n) is 3.71. The van der Waals surface area contributed by atoms with Gasteiger partial charge < -0.3 is 15.6 Å². The molecule has 98 valence electrons. The predicted octanol–water partition coefficient (Wildman–Crippen LogP) is 3.66. The van der Waals surface area contributed by atoms with Crippen LogP contribution in [0.15, 0.2) is 40.9 Å². The molecule has 0 aliphatic heterocycles. The number of aromatic carboxylic acids is 1. The van der Waals surface area contributed by atoms with Crippen LogP contribution in [0.5, 0.6) is 11.5 Å². The van der Waals surface area contributed by atoms with Gasteiger partial charge in [-0.15, -0.1) is 0 Å². The zero-order valence-electron chi connectivity index (χ0n) is 9.56. The summed E-state index contributed by atoms with van der Waals surface area (Å²) in [6, 6.07) is 8.23. The number of halogens is 2. The van der Waals surface area contributed by atoms with Crippen LogP contribution in [0.4, 0.5) is 10.1 Å². The Morgan fingerprint density at radius 3 is 2.74 bits per heavy atom. The van der Waals surface area contributed by atoms with Crippen LogP contribution in [0.2, 0.25) is 0 Å². The summed E-state index contributed by atoms with van der Waals surface area (Å²) in [7, 11) is 0. The molecule has 0 bridgehead atoms. The molecular weight excluding hydrogens is 317 g/mol. The first kappa shape index (κ1) is 13.4. The second-order valence-corrected chi connectivity index (χ2v) is 4.56. The molecule has 19 heavy (non-hydrogen) atoms. The van der Waals surface area contributed by atoms with Crippen LogP contribution in [-0.2, 0) is 0 Å². The van der Waals surface area contributed by atoms with Gasteiger partial charge in [0.15, 0.2) is 5.75 Å². The molecule has 2 aromatic rings. The van der Waals surface area contributed by atoms with Gasteiger partial charge in [-0.1, -0.05) is 6.07 Å². The molecule has 0 radical (unpaired) electrons. The highest BCUT2D eigenvalue weighted by molar-refractivity contribution is 9.10. The molecule has 0 aliphatic carbocycles. The van der Waals surface area contributed by atoms with E-state index in [1.54, 1.807) is 0 Å². The van der Waals surface area contributed by atoms with E-state index in [-0.39, 0.29) is 22.7 Å². The molecule has 0 atom stereocenters. The Labute approximate surface area is 116 Å². The molecule has 0 spiro atoms. The van der Waals surface area contributed by atoms with Gasteiger partial charge in [-0.25, -0.2) is 9.18 Å². The van der Waals surface area contributed by atoms with Crippen LogP contribution in [0.3, 0.4) is 0 Å². The smallest absolute Gasteiger partial charge is 0.339 e. The normalized spacial score (nSPS) is 10.2. The Bertz CT molecular complexity index is 646. The summed E-state index contributed by atoms with van der Waals surface area (Å²) >= 11 is 3.19. The summed E-state index contributed by atoms with van der Waals surface area (Å²) < 4.78 is 19.1. The van der Waals surface area contributed by atoms with E-state index in [0.29, 0.717) is 4.47 Å². The number of hydrogen-bond donors (Lipinski definition) is 2. The lowest BCUT2D eigenvalue weighted by atomic mass is 10.1. The zero-order valence-corrected chi connectivity index (χ0v) is 11.1. The Hall–Kier alpha value is -2.08. The molecule has 0 aliphatic rings. The molecule has 0 aromatic heterocycles. The van der Waals surface area contributed by atoms with Crippen molar-refractivity contribution in [1.29, 1.82) is 0 Å². The van der Waals surface area contributed by atoms with Gasteiger partial charge >= 0.3 is 5.97 Å². The van der Waals surface area contributed by atoms with Crippen molar-refractivity contribution in [2.45, 2.75) is 0 Å². The lowest BCUT2D eigenvalue weighted by Crippen LogP contribution is -2.03. The number of para-hydroxylation sites is 1. The third-order valence-corrected chi connectivity index (χ3v) is 3.04. The minimum Gasteiger partial charge on any atom is -0.478 e. The third-order valence-electron chi connectivity index (χ3n) is 2.38. The molecule has 2 aromatic carbocycles. The van der Waals surface area contributed by atoms with Crippen molar-refractivity contribution in [2.75, 3.05) is 5.73 Å². The number of anilines is 1. The number of carboxylic acid groups (broad SMARTS) is 1. The quantitative estimate of drug-likeness (QED) is 0.844. The molecule has 2 rings (SSSR count). The lowest BCUT2D eigenvalue weighted by Gasteiger charge is -2.12. The van der Waals surface area contributed by atoms with Gasteiger partial charge in [0.1, 0.15) is 17.1 Å². The number of nitrogens with two attached hydrogens (primary N) is 1. The number of hydrogen-bond acceptors (Lipinski definition) is 3. The first-order chi connectivity index (χ1) is 8.99. The Morgan fingerprint density at radius 1 is 1.32 bits per heavy atom. The molecule has 0 saturated heterocycles. The van der Waals surface area contributed by atoms with Crippen LogP contribution < -0.4 is 10.5 Å². The highest BCUT2D eigenvalue weighted by atomic mass is 79.9. The highest BCUT2D eigenvalue weighted by Crippen LogP contribution is 2.35. The van der Waals surface area contributed by atoms with Crippen LogP contribution in [-0.4, -0.2) is 11.1 Å². The number of carboxylic acids is 1. The zero-order chi connectivity index (χ0) is 14.0. The molecule has 0 fully saturated rings. The van der Waals surface area contributed by atoms with Crippen molar-refractivity contribution < 1.29 is 19.0 Å². The molecule has 0 saturated carbocycles. The second kappa shape index (κ2) is 5.27. The van der Waals surface area contributed by atoms with Gasteiger partial charge in [0.05, 0.1) is 10.2 Å². The SMILES string of the molecule is Nc1cccc(C(=O)O)c1Oc1cc(F)ccc1Br. The van der Waals surface area contributed by atoms with E-state index < -0.39 is 11.8 Å². The average Bonchev–Trinajstić information content (AvgIpc) is 2.35. The van der Waals surface area contributed by atoms with Crippen molar-refractivity contribution in [2.24, 2.45) is 0 Å². The van der Waals surface area contributed by atoms with E-state index in [1.165, 1.54) is 30.3 Å². The van der Waals surface area contributed by atoms with Crippen LogP contribution >= 0.6 is 15.9 Å². The van der Waals surface area contributed by atoms with Crippen molar-refractivity contribution >= 4 is 27.6 Å². The number of nitrogen functional groups attached to an aromatic ring is 1. The van der Waals surface area contributed by atoms with Crippen molar-refractivity contribution in [1.82, 2.24) is 0 Å². The molecule has 0 heterocycles. The first-order valence-electron chi connectivity index (χ1n) is 5.23. The highest BCUT2D eigenvalue weighted by Gasteiger charge is 2.16. The fourth-order valence-electron chi connectivity index (χ4n) is 1.50. The van der Waals surface area contributed by atoms with E-state index in [2.05, 4.69) is 15.9 Å². The Kier molecular flexibility index (Phi) is 3.71. The van der Waals surface area contributed by atoms with Crippen molar-refractivity contribution in [3.63, 3.8) is 0 Å². The number of benzene rings is 2. The predicted molar refractivity (Wildman–Crippen MR) is 72.0 cm³/mol. The summed E-state index contributed by atoms with van der Waals surface area (Å²) in [5.41, 5.74) is 5.77. The van der Waals surface area contributed by atoms with E-state index >= 15 is 0 Å². The Balaban J connectivity index is 2.49. The van der Waals surface area contributed by atoms with Crippen molar-refractivity contribution in [3.05, 3.63) is 52.3 Å². The summed E-state index contributed by atoms with van der Waals surface area (Å²) in [5.74, 6) is -1.53. The number of carbonyl (C=O) groups is 1. The first-order valence-corrected chi connectivity index (χ1v) is 6.03. The van der Waals surface area contributed by atoms with Gasteiger partial charge in [0, 0.05) is 6.07 Å². The van der Waals surface area contributed by atoms with Crippen LogP contribution in [0, 0.1) is 5.82 Å². The molecular formula is C13H9BrFNO3. The maximum absolute atomic E-state index is 13.2. The Morgan fingerprint density at radius 2 is 2.05 bits per heavy atom. The van der Waals surface area contributed by atoms with Gasteiger partial charge in [-0.3, -0.25) is 0 Å². The minimum absolute atomic E-state index is 0.0127. The van der Waals surface area contributed by atoms with E-state index in [1.807, 2.05) is 0 Å². The van der Waals surface area contributed by atoms with E-state index in [9.17, 15) is 9.18 Å². The summed E-state index contributed by atoms with van der Waals surface area (Å²) in [4.78, 5) is 11.1. The standard InChI is InChI=1S/C13H9BrFNO3/c14-9-5-4-7(15)6-11(9)19-12-8(13(17)18)2-1-3-10(12)16/h1-6H,16H2,(H,17,18). The fourth-order valence-corrected chi connectivity index (χ4v) is 1.83. The number of rotatable bonds is 3. The summed E-state index contributed by atoms with van der Waals surface area (Å²) in [6.45, 7) is 0. The monoisotopic (exact) mass is 325 g/mol. The van der Waals surface area contributed by atoms with Crippen molar-refractivity contribution in [3.8, 4) is 11.5 Å². The summed E-state index contributed by atoms with van der Waals surface area (Å²) in [5, 5.41) is 9.07. The van der Waals surface area contributed by atoms with Crippen LogP contribution in [0.1, 0.15) is 10.4 Å².